The molecule has 0 atom stereocenters. The van der Waals surface area contributed by atoms with Gasteiger partial charge in [0, 0.05) is 15.6 Å². The molecule has 102 valence electrons. The molecule has 3 aromatic rings. The van der Waals surface area contributed by atoms with Crippen LogP contribution < -0.4 is 0 Å². The van der Waals surface area contributed by atoms with Gasteiger partial charge in [-0.2, -0.15) is 0 Å². The summed E-state index contributed by atoms with van der Waals surface area (Å²) in [4.78, 5) is 0.918. The molecule has 0 amide bonds. The molecule has 6 heteroatoms. The number of aromatic nitrogens is 1. The molecule has 20 heavy (non-hydrogen) atoms. The molecule has 0 aliphatic carbocycles. The summed E-state index contributed by atoms with van der Waals surface area (Å²) in [6.45, 7) is -0.170. The maximum atomic E-state index is 9.63. The number of thiophene rings is 1. The first-order valence-electron chi connectivity index (χ1n) is 5.79. The smallest absolute Gasteiger partial charge is 0.182 e. The molecular weight excluding hydrogens is 317 g/mol. The number of nitrogens with zero attached hydrogens (tertiary/aromatic N) is 1. The highest BCUT2D eigenvalue weighted by Crippen LogP contribution is 2.36. The highest BCUT2D eigenvalue weighted by Gasteiger charge is 2.19. The molecule has 2 aromatic heterocycles. The fraction of sp³-hybridized carbons (Fsp3) is 0.0714. The molecule has 0 bridgehead atoms. The summed E-state index contributed by atoms with van der Waals surface area (Å²) < 4.78 is 5.38. The molecule has 0 aliphatic heterocycles. The SMILES string of the molecule is OCc1c(-c2cc(Cl)cc(Cl)c2)noc1-c1cccs1. The fourth-order valence-electron chi connectivity index (χ4n) is 1.97. The monoisotopic (exact) mass is 325 g/mol. The molecule has 0 fully saturated rings. The summed E-state index contributed by atoms with van der Waals surface area (Å²) in [6.07, 6.45) is 0. The summed E-state index contributed by atoms with van der Waals surface area (Å²) in [5, 5.41) is 16.6. The van der Waals surface area contributed by atoms with E-state index in [1.165, 1.54) is 11.3 Å². The van der Waals surface area contributed by atoms with Gasteiger partial charge in [0.05, 0.1) is 17.0 Å². The predicted molar refractivity (Wildman–Crippen MR) is 81.2 cm³/mol. The van der Waals surface area contributed by atoms with Crippen LogP contribution in [-0.2, 0) is 6.61 Å². The summed E-state index contributed by atoms with van der Waals surface area (Å²) in [7, 11) is 0. The van der Waals surface area contributed by atoms with Gasteiger partial charge in [0.25, 0.3) is 0 Å². The molecule has 3 nitrogen and oxygen atoms in total. The van der Waals surface area contributed by atoms with Gasteiger partial charge in [0.1, 0.15) is 5.69 Å². The number of aliphatic hydroxyl groups is 1. The predicted octanol–water partition coefficient (Wildman–Crippen LogP) is 4.87. The average molecular weight is 326 g/mol. The van der Waals surface area contributed by atoms with Gasteiger partial charge in [-0.05, 0) is 29.6 Å². The third-order valence-corrected chi connectivity index (χ3v) is 4.13. The van der Waals surface area contributed by atoms with Gasteiger partial charge in [-0.15, -0.1) is 11.3 Å². The molecule has 0 saturated heterocycles. The highest BCUT2D eigenvalue weighted by atomic mass is 35.5. The molecular formula is C14H9Cl2NO2S. The van der Waals surface area contributed by atoms with E-state index in [4.69, 9.17) is 27.7 Å². The summed E-state index contributed by atoms with van der Waals surface area (Å²) in [5.41, 5.74) is 1.91. The van der Waals surface area contributed by atoms with Crippen molar-refractivity contribution in [1.82, 2.24) is 5.16 Å². The zero-order valence-corrected chi connectivity index (χ0v) is 12.5. The van der Waals surface area contributed by atoms with Crippen molar-refractivity contribution in [3.8, 4) is 21.9 Å². The molecule has 2 heterocycles. The number of hydrogen-bond acceptors (Lipinski definition) is 4. The maximum Gasteiger partial charge on any atom is 0.182 e. The fourth-order valence-corrected chi connectivity index (χ4v) is 3.23. The Morgan fingerprint density at radius 1 is 1.20 bits per heavy atom. The van der Waals surface area contributed by atoms with Gasteiger partial charge in [-0.25, -0.2) is 0 Å². The van der Waals surface area contributed by atoms with Gasteiger partial charge >= 0.3 is 0 Å². The van der Waals surface area contributed by atoms with Crippen LogP contribution in [0.2, 0.25) is 10.0 Å². The van der Waals surface area contributed by atoms with E-state index in [0.29, 0.717) is 27.1 Å². The maximum absolute atomic E-state index is 9.63. The van der Waals surface area contributed by atoms with E-state index in [9.17, 15) is 5.11 Å². The van der Waals surface area contributed by atoms with E-state index in [1.54, 1.807) is 18.2 Å². The Hall–Kier alpha value is -1.33. The number of rotatable bonds is 3. The minimum Gasteiger partial charge on any atom is -0.391 e. The zero-order valence-electron chi connectivity index (χ0n) is 10.1. The molecule has 3 rings (SSSR count). The Kier molecular flexibility index (Phi) is 3.81. The molecule has 0 aliphatic rings. The molecule has 1 aromatic carbocycles. The lowest BCUT2D eigenvalue weighted by Crippen LogP contribution is -1.88. The Morgan fingerprint density at radius 3 is 2.55 bits per heavy atom. The van der Waals surface area contributed by atoms with Crippen LogP contribution in [0.4, 0.5) is 0 Å². The lowest BCUT2D eigenvalue weighted by Gasteiger charge is -2.02. The minimum absolute atomic E-state index is 0.170. The number of halogens is 2. The first kappa shape index (κ1) is 13.6. The van der Waals surface area contributed by atoms with Crippen molar-refractivity contribution in [3.05, 3.63) is 51.3 Å². The second-order valence-electron chi connectivity index (χ2n) is 4.13. The van der Waals surface area contributed by atoms with Crippen molar-refractivity contribution in [3.63, 3.8) is 0 Å². The molecule has 1 N–H and O–H groups in total. The van der Waals surface area contributed by atoms with Crippen LogP contribution >= 0.6 is 34.5 Å². The van der Waals surface area contributed by atoms with Crippen molar-refractivity contribution in [2.75, 3.05) is 0 Å². The van der Waals surface area contributed by atoms with Gasteiger partial charge in [0.2, 0.25) is 0 Å². The quantitative estimate of drug-likeness (QED) is 0.747. The highest BCUT2D eigenvalue weighted by molar-refractivity contribution is 7.13. The Bertz CT molecular complexity index is 717. The van der Waals surface area contributed by atoms with Gasteiger partial charge in [-0.3, -0.25) is 0 Å². The van der Waals surface area contributed by atoms with E-state index in [1.807, 2.05) is 17.5 Å². The number of hydrogen-bond donors (Lipinski definition) is 1. The van der Waals surface area contributed by atoms with Crippen molar-refractivity contribution >= 4 is 34.5 Å². The lowest BCUT2D eigenvalue weighted by atomic mass is 10.1. The summed E-state index contributed by atoms with van der Waals surface area (Å²) in [5.74, 6) is 0.577. The second-order valence-corrected chi connectivity index (χ2v) is 5.95. The molecule has 0 saturated carbocycles. The van der Waals surface area contributed by atoms with Gasteiger partial charge < -0.3 is 9.63 Å². The lowest BCUT2D eigenvalue weighted by molar-refractivity contribution is 0.282. The van der Waals surface area contributed by atoms with Crippen LogP contribution in [0.3, 0.4) is 0 Å². The van der Waals surface area contributed by atoms with Crippen LogP contribution in [0.25, 0.3) is 21.9 Å². The van der Waals surface area contributed by atoms with Crippen molar-refractivity contribution in [2.24, 2.45) is 0 Å². The van der Waals surface area contributed by atoms with Gasteiger partial charge in [-0.1, -0.05) is 34.4 Å². The van der Waals surface area contributed by atoms with Crippen molar-refractivity contribution < 1.29 is 9.63 Å². The second kappa shape index (κ2) is 5.58. The topological polar surface area (TPSA) is 46.3 Å². The zero-order chi connectivity index (χ0) is 14.1. The van der Waals surface area contributed by atoms with Crippen molar-refractivity contribution in [1.29, 1.82) is 0 Å². The number of benzene rings is 1. The molecule has 0 spiro atoms. The van der Waals surface area contributed by atoms with Crippen LogP contribution in [0, 0.1) is 0 Å². The van der Waals surface area contributed by atoms with E-state index < -0.39 is 0 Å². The number of aliphatic hydroxyl groups excluding tert-OH is 1. The third-order valence-electron chi connectivity index (χ3n) is 2.83. The summed E-state index contributed by atoms with van der Waals surface area (Å²) >= 11 is 13.5. The Balaban J connectivity index is 2.15. The van der Waals surface area contributed by atoms with Crippen molar-refractivity contribution in [2.45, 2.75) is 6.61 Å². The van der Waals surface area contributed by atoms with E-state index in [2.05, 4.69) is 5.16 Å². The van der Waals surface area contributed by atoms with E-state index in [-0.39, 0.29) is 6.61 Å². The van der Waals surface area contributed by atoms with Crippen LogP contribution in [0.15, 0.2) is 40.2 Å². The third kappa shape index (κ3) is 2.47. The van der Waals surface area contributed by atoms with Crippen LogP contribution in [0.5, 0.6) is 0 Å². The Labute approximate surface area is 129 Å². The van der Waals surface area contributed by atoms with Crippen LogP contribution in [0.1, 0.15) is 5.56 Å². The average Bonchev–Trinajstić information content (AvgIpc) is 3.06. The largest absolute Gasteiger partial charge is 0.391 e. The summed E-state index contributed by atoms with van der Waals surface area (Å²) in [6, 6.07) is 8.95. The Morgan fingerprint density at radius 2 is 1.95 bits per heavy atom. The van der Waals surface area contributed by atoms with E-state index >= 15 is 0 Å². The first-order chi connectivity index (χ1) is 9.69. The van der Waals surface area contributed by atoms with E-state index in [0.717, 1.165) is 10.4 Å². The normalized spacial score (nSPS) is 10.9. The first-order valence-corrected chi connectivity index (χ1v) is 7.42. The molecule has 0 radical (unpaired) electrons. The van der Waals surface area contributed by atoms with Crippen LogP contribution in [-0.4, -0.2) is 10.3 Å². The van der Waals surface area contributed by atoms with Gasteiger partial charge in [0.15, 0.2) is 5.76 Å². The molecule has 0 unspecified atom stereocenters. The standard InChI is InChI=1S/C14H9Cl2NO2S/c15-9-4-8(5-10(16)6-9)13-11(7-18)14(19-17-13)12-2-1-3-20-12/h1-6,18H,7H2. The minimum atomic E-state index is -0.170.